The van der Waals surface area contributed by atoms with Crippen LogP contribution in [0, 0.1) is 0 Å². The summed E-state index contributed by atoms with van der Waals surface area (Å²) < 4.78 is 11.2. The minimum atomic E-state index is -0.988. The highest BCUT2D eigenvalue weighted by Gasteiger charge is 2.56. The fraction of sp³-hybridized carbons (Fsp3) is 0.679. The van der Waals surface area contributed by atoms with Crippen LogP contribution in [0.2, 0.25) is 0 Å². The average Bonchev–Trinajstić information content (AvgIpc) is 3.62. The zero-order chi connectivity index (χ0) is 25.3. The van der Waals surface area contributed by atoms with Crippen molar-refractivity contribution < 1.29 is 23.9 Å². The topological polar surface area (TPSA) is 88.2 Å². The second kappa shape index (κ2) is 10.6. The molecular weight excluding hydrogens is 458 g/mol. The van der Waals surface area contributed by atoms with Crippen molar-refractivity contribution in [3.63, 3.8) is 0 Å². The molecule has 4 aliphatic rings. The number of carbonyl (C=O) groups excluding carboxylic acids is 3. The van der Waals surface area contributed by atoms with Crippen LogP contribution in [0.25, 0.3) is 0 Å². The van der Waals surface area contributed by atoms with Crippen LogP contribution < -0.4 is 5.32 Å². The fourth-order valence-electron chi connectivity index (χ4n) is 6.68. The Labute approximate surface area is 213 Å². The van der Waals surface area contributed by atoms with Crippen LogP contribution in [0.3, 0.4) is 0 Å². The third-order valence-corrected chi connectivity index (χ3v) is 8.69. The summed E-state index contributed by atoms with van der Waals surface area (Å²) in [5.41, 5.74) is 0.858. The lowest BCUT2D eigenvalue weighted by molar-refractivity contribution is -0.142. The number of fused-ring (bicyclic) bond motifs is 1. The number of likely N-dealkylation sites (tertiary alicyclic amines) is 2. The van der Waals surface area contributed by atoms with Gasteiger partial charge in [-0.25, -0.2) is 0 Å². The van der Waals surface area contributed by atoms with Crippen LogP contribution in [-0.4, -0.2) is 91.1 Å². The molecule has 1 aromatic carbocycles. The quantitative estimate of drug-likeness (QED) is 0.623. The van der Waals surface area contributed by atoms with Crippen LogP contribution >= 0.6 is 0 Å². The van der Waals surface area contributed by atoms with Crippen molar-refractivity contribution in [3.05, 3.63) is 35.4 Å². The first-order chi connectivity index (χ1) is 17.5. The van der Waals surface area contributed by atoms with Gasteiger partial charge in [0.15, 0.2) is 5.78 Å². The van der Waals surface area contributed by atoms with Gasteiger partial charge in [-0.3, -0.25) is 14.4 Å². The van der Waals surface area contributed by atoms with Gasteiger partial charge in [0.25, 0.3) is 5.91 Å². The second-order valence-corrected chi connectivity index (χ2v) is 10.9. The van der Waals surface area contributed by atoms with Crippen LogP contribution in [0.1, 0.15) is 73.7 Å². The second-order valence-electron chi connectivity index (χ2n) is 10.9. The van der Waals surface area contributed by atoms with Gasteiger partial charge in [-0.2, -0.15) is 0 Å². The maximum Gasteiger partial charge on any atom is 0.252 e. The molecule has 3 heterocycles. The van der Waals surface area contributed by atoms with Gasteiger partial charge in [0.05, 0.1) is 6.54 Å². The summed E-state index contributed by atoms with van der Waals surface area (Å²) in [4.78, 5) is 43.9. The highest BCUT2D eigenvalue weighted by Crippen LogP contribution is 2.37. The van der Waals surface area contributed by atoms with E-state index in [1.165, 1.54) is 18.5 Å². The van der Waals surface area contributed by atoms with E-state index in [-0.39, 0.29) is 30.3 Å². The molecule has 0 radical (unpaired) electrons. The molecule has 1 saturated carbocycles. The summed E-state index contributed by atoms with van der Waals surface area (Å²) in [7, 11) is 1.58. The Hall–Kier alpha value is -2.29. The van der Waals surface area contributed by atoms with Crippen molar-refractivity contribution in [2.45, 2.75) is 81.6 Å². The number of ether oxygens (including phenoxy) is 2. The Morgan fingerprint density at radius 1 is 1.14 bits per heavy atom. The zero-order valence-electron chi connectivity index (χ0n) is 21.5. The van der Waals surface area contributed by atoms with E-state index in [2.05, 4.69) is 29.3 Å². The summed E-state index contributed by atoms with van der Waals surface area (Å²) in [6, 6.07) is 7.29. The molecule has 1 N–H and O–H groups in total. The number of nitrogens with one attached hydrogen (secondary N) is 1. The van der Waals surface area contributed by atoms with Crippen LogP contribution in [0.5, 0.6) is 0 Å². The number of Topliss-reactive ketones (excluding diaryl/α,β-unsaturated/α-hetero) is 1. The van der Waals surface area contributed by atoms with Crippen LogP contribution in [0.4, 0.5) is 0 Å². The molecule has 0 spiro atoms. The Balaban J connectivity index is 1.27. The first-order valence-corrected chi connectivity index (χ1v) is 13.6. The molecule has 0 bridgehead atoms. The number of benzene rings is 1. The molecule has 3 atom stereocenters. The molecule has 3 saturated heterocycles. The largest absolute Gasteiger partial charge is 0.377 e. The molecule has 3 aliphatic heterocycles. The average molecular weight is 498 g/mol. The van der Waals surface area contributed by atoms with Gasteiger partial charge in [-0.15, -0.1) is 0 Å². The lowest BCUT2D eigenvalue weighted by atomic mass is 9.88. The van der Waals surface area contributed by atoms with Gasteiger partial charge in [0.1, 0.15) is 30.4 Å². The van der Waals surface area contributed by atoms with E-state index < -0.39 is 17.7 Å². The van der Waals surface area contributed by atoms with Gasteiger partial charge < -0.3 is 24.6 Å². The molecule has 2 amide bonds. The molecule has 8 nitrogen and oxygen atoms in total. The standard InChI is InChI=1S/C28H39N3O5/c1-3-14-30-15-10-20(11-16-30)19-6-8-21(9-7-19)26(33)29-28(12-4-5-13-28)27(34)31-17-23(35-2)25-24(31)22(32)18-36-25/h6-9,20,23-25H,3-5,10-18H2,1-2H3,(H,29,33)/t23-,24+,25+/m0/s1. The summed E-state index contributed by atoms with van der Waals surface area (Å²) >= 11 is 0. The molecule has 1 aliphatic carbocycles. The third kappa shape index (κ3) is 4.71. The Morgan fingerprint density at radius 2 is 1.83 bits per heavy atom. The van der Waals surface area contributed by atoms with Crippen molar-refractivity contribution in [1.29, 1.82) is 0 Å². The van der Waals surface area contributed by atoms with Crippen molar-refractivity contribution in [2.24, 2.45) is 0 Å². The molecule has 4 fully saturated rings. The van der Waals surface area contributed by atoms with Gasteiger partial charge >= 0.3 is 0 Å². The van der Waals surface area contributed by atoms with E-state index in [9.17, 15) is 14.4 Å². The molecule has 196 valence electrons. The number of rotatable bonds is 7. The van der Waals surface area contributed by atoms with E-state index in [4.69, 9.17) is 9.47 Å². The number of hydrogen-bond acceptors (Lipinski definition) is 6. The van der Waals surface area contributed by atoms with Crippen molar-refractivity contribution in [1.82, 2.24) is 15.1 Å². The van der Waals surface area contributed by atoms with E-state index in [0.29, 0.717) is 30.9 Å². The van der Waals surface area contributed by atoms with Crippen molar-refractivity contribution in [2.75, 3.05) is 39.9 Å². The molecular formula is C28H39N3O5. The zero-order valence-corrected chi connectivity index (χ0v) is 21.5. The smallest absolute Gasteiger partial charge is 0.252 e. The molecule has 36 heavy (non-hydrogen) atoms. The van der Waals surface area contributed by atoms with Gasteiger partial charge in [0, 0.05) is 12.7 Å². The number of methoxy groups -OCH3 is 1. The number of nitrogens with zero attached hydrogens (tertiary/aromatic N) is 2. The summed E-state index contributed by atoms with van der Waals surface area (Å²) in [5, 5.41) is 3.10. The van der Waals surface area contributed by atoms with Crippen LogP contribution in [-0.2, 0) is 19.1 Å². The third-order valence-electron chi connectivity index (χ3n) is 8.69. The number of amides is 2. The van der Waals surface area contributed by atoms with Crippen LogP contribution in [0.15, 0.2) is 24.3 Å². The predicted octanol–water partition coefficient (Wildman–Crippen LogP) is 2.51. The Bertz CT molecular complexity index is 966. The molecule has 8 heteroatoms. The van der Waals surface area contributed by atoms with E-state index in [1.54, 1.807) is 12.0 Å². The van der Waals surface area contributed by atoms with Gasteiger partial charge in [0.2, 0.25) is 5.91 Å². The predicted molar refractivity (Wildman–Crippen MR) is 135 cm³/mol. The first-order valence-electron chi connectivity index (χ1n) is 13.6. The monoisotopic (exact) mass is 497 g/mol. The summed E-state index contributed by atoms with van der Waals surface area (Å²) in [5.74, 6) is 0.0179. The summed E-state index contributed by atoms with van der Waals surface area (Å²) in [6.07, 6.45) is 5.60. The van der Waals surface area contributed by atoms with Crippen molar-refractivity contribution >= 4 is 17.6 Å². The van der Waals surface area contributed by atoms with Crippen molar-refractivity contribution in [3.8, 4) is 0 Å². The minimum absolute atomic E-state index is 0.00229. The molecule has 1 aromatic rings. The summed E-state index contributed by atoms with van der Waals surface area (Å²) in [6.45, 7) is 5.95. The highest BCUT2D eigenvalue weighted by molar-refractivity contribution is 6.01. The lowest BCUT2D eigenvalue weighted by Crippen LogP contribution is -2.60. The number of carbonyl (C=O) groups is 3. The number of hydrogen-bond donors (Lipinski definition) is 1. The lowest BCUT2D eigenvalue weighted by Gasteiger charge is -2.35. The Morgan fingerprint density at radius 3 is 2.47 bits per heavy atom. The number of piperidine rings is 1. The highest BCUT2D eigenvalue weighted by atomic mass is 16.5. The maximum absolute atomic E-state index is 13.9. The molecule has 0 aromatic heterocycles. The van der Waals surface area contributed by atoms with E-state index >= 15 is 0 Å². The molecule has 0 unspecified atom stereocenters. The normalized spacial score (nSPS) is 28.4. The molecule has 5 rings (SSSR count). The van der Waals surface area contributed by atoms with E-state index in [0.717, 1.165) is 38.8 Å². The maximum atomic E-state index is 13.9. The SMILES string of the molecule is CCCN1CCC(c2ccc(C(=O)NC3(C(=O)N4C[C@H](OC)[C@H]5OCC(=O)[C@H]54)CCCC3)cc2)CC1. The van der Waals surface area contributed by atoms with Gasteiger partial charge in [-0.05, 0) is 75.4 Å². The number of ketones is 1. The van der Waals surface area contributed by atoms with Gasteiger partial charge in [-0.1, -0.05) is 31.9 Å². The fourth-order valence-corrected chi connectivity index (χ4v) is 6.68. The first kappa shape index (κ1) is 25.4. The minimum Gasteiger partial charge on any atom is -0.377 e. The van der Waals surface area contributed by atoms with E-state index in [1.807, 2.05) is 12.1 Å². The Kier molecular flexibility index (Phi) is 7.47.